The highest BCUT2D eigenvalue weighted by molar-refractivity contribution is 5.77. The number of allylic oxidation sites excluding steroid dienone is 4. The van der Waals surface area contributed by atoms with Crippen molar-refractivity contribution in [3.8, 4) is 0 Å². The number of aryl methyl sites for hydroxylation is 1. The van der Waals surface area contributed by atoms with Gasteiger partial charge in [0.1, 0.15) is 7.05 Å². The molecule has 1 aliphatic carbocycles. The van der Waals surface area contributed by atoms with E-state index in [2.05, 4.69) is 55.1 Å². The summed E-state index contributed by atoms with van der Waals surface area (Å²) in [7, 11) is 2.09. The largest absolute Gasteiger partial charge is 0.212 e. The maximum Gasteiger partial charge on any atom is 0.212 e. The molecule has 0 N–H and O–H groups in total. The minimum atomic E-state index is 1.08. The third-order valence-corrected chi connectivity index (χ3v) is 2.50. The van der Waals surface area contributed by atoms with Gasteiger partial charge in [0.05, 0.1) is 0 Å². The van der Waals surface area contributed by atoms with E-state index in [1.807, 2.05) is 0 Å². The minimum Gasteiger partial charge on any atom is -0.201 e. The van der Waals surface area contributed by atoms with Gasteiger partial charge in [-0.3, -0.25) is 0 Å². The Kier molecular flexibility index (Phi) is 2.01. The molecule has 66 valence electrons. The molecule has 1 aromatic rings. The highest BCUT2D eigenvalue weighted by Gasteiger charge is 2.15. The van der Waals surface area contributed by atoms with E-state index in [9.17, 15) is 0 Å². The summed E-state index contributed by atoms with van der Waals surface area (Å²) >= 11 is 0. The van der Waals surface area contributed by atoms with Crippen molar-refractivity contribution in [2.75, 3.05) is 0 Å². The maximum atomic E-state index is 2.28. The Morgan fingerprint density at radius 1 is 1.23 bits per heavy atom. The van der Waals surface area contributed by atoms with Gasteiger partial charge in [0.2, 0.25) is 5.69 Å². The molecular formula is C12H14N+. The molecule has 2 rings (SSSR count). The van der Waals surface area contributed by atoms with Gasteiger partial charge in [0.15, 0.2) is 6.20 Å². The van der Waals surface area contributed by atoms with Crippen LogP contribution in [0.3, 0.4) is 0 Å². The molecule has 0 radical (unpaired) electrons. The number of hydrogen-bond acceptors (Lipinski definition) is 0. The van der Waals surface area contributed by atoms with Gasteiger partial charge in [-0.1, -0.05) is 12.2 Å². The predicted octanol–water partition coefficient (Wildman–Crippen LogP) is 2.24. The average Bonchev–Trinajstić information content (AvgIpc) is 2.52. The molecule has 1 aromatic heterocycles. The predicted molar refractivity (Wildman–Crippen MR) is 54.0 cm³/mol. The summed E-state index contributed by atoms with van der Waals surface area (Å²) in [4.78, 5) is 0. The summed E-state index contributed by atoms with van der Waals surface area (Å²) in [5, 5.41) is 0. The zero-order valence-corrected chi connectivity index (χ0v) is 8.12. The SMILES string of the molecule is CC1=CCC=C1c1cccc[n+]1C. The summed E-state index contributed by atoms with van der Waals surface area (Å²) in [6.07, 6.45) is 7.71. The molecule has 0 atom stereocenters. The van der Waals surface area contributed by atoms with Gasteiger partial charge >= 0.3 is 0 Å². The Hall–Kier alpha value is -1.37. The third kappa shape index (κ3) is 1.42. The molecular weight excluding hydrogens is 158 g/mol. The fourth-order valence-corrected chi connectivity index (χ4v) is 1.73. The maximum absolute atomic E-state index is 2.28. The molecule has 0 amide bonds. The lowest BCUT2D eigenvalue weighted by molar-refractivity contribution is -0.673. The molecule has 0 aromatic carbocycles. The second kappa shape index (κ2) is 3.17. The van der Waals surface area contributed by atoms with Crippen LogP contribution >= 0.6 is 0 Å². The van der Waals surface area contributed by atoms with Crippen molar-refractivity contribution in [1.82, 2.24) is 0 Å². The van der Waals surface area contributed by atoms with E-state index in [4.69, 9.17) is 0 Å². The van der Waals surface area contributed by atoms with Crippen molar-refractivity contribution in [3.05, 3.63) is 47.8 Å². The van der Waals surface area contributed by atoms with Gasteiger partial charge in [-0.2, -0.15) is 0 Å². The summed E-state index contributed by atoms with van der Waals surface area (Å²) in [5.74, 6) is 0. The average molecular weight is 172 g/mol. The lowest BCUT2D eigenvalue weighted by Gasteiger charge is -2.01. The quantitative estimate of drug-likeness (QED) is 0.572. The van der Waals surface area contributed by atoms with Gasteiger partial charge in [-0.05, 0) is 25.0 Å². The van der Waals surface area contributed by atoms with Crippen LogP contribution in [0.25, 0.3) is 5.57 Å². The Morgan fingerprint density at radius 3 is 2.69 bits per heavy atom. The molecule has 0 saturated heterocycles. The van der Waals surface area contributed by atoms with Crippen LogP contribution in [0.2, 0.25) is 0 Å². The van der Waals surface area contributed by atoms with E-state index < -0.39 is 0 Å². The summed E-state index contributed by atoms with van der Waals surface area (Å²) in [5.41, 5.74) is 4.07. The second-order valence-electron chi connectivity index (χ2n) is 3.44. The van der Waals surface area contributed by atoms with Crippen LogP contribution < -0.4 is 4.57 Å². The van der Waals surface area contributed by atoms with E-state index in [1.54, 1.807) is 0 Å². The topological polar surface area (TPSA) is 3.88 Å². The van der Waals surface area contributed by atoms with Crippen LogP contribution in [0.4, 0.5) is 0 Å². The van der Waals surface area contributed by atoms with Crippen LogP contribution in [0.5, 0.6) is 0 Å². The van der Waals surface area contributed by atoms with Crippen LogP contribution in [-0.4, -0.2) is 0 Å². The number of nitrogens with zero attached hydrogens (tertiary/aromatic N) is 1. The number of rotatable bonds is 1. The van der Waals surface area contributed by atoms with Gasteiger partial charge in [0.25, 0.3) is 0 Å². The van der Waals surface area contributed by atoms with Gasteiger partial charge < -0.3 is 0 Å². The van der Waals surface area contributed by atoms with Crippen LogP contribution in [-0.2, 0) is 7.05 Å². The standard InChI is InChI=1S/C12H14N/c1-10-6-5-7-11(10)12-8-3-4-9-13(12)2/h3-4,6-9H,5H2,1-2H3/q+1. The van der Waals surface area contributed by atoms with Crippen molar-refractivity contribution < 1.29 is 4.57 Å². The van der Waals surface area contributed by atoms with Crippen molar-refractivity contribution in [2.24, 2.45) is 7.05 Å². The molecule has 1 heterocycles. The molecule has 0 saturated carbocycles. The summed E-state index contributed by atoms with van der Waals surface area (Å²) < 4.78 is 2.16. The normalized spacial score (nSPS) is 15.5. The van der Waals surface area contributed by atoms with Gasteiger partial charge in [-0.15, -0.1) is 0 Å². The van der Waals surface area contributed by atoms with Gasteiger partial charge in [0, 0.05) is 17.7 Å². The van der Waals surface area contributed by atoms with Crippen molar-refractivity contribution >= 4 is 5.57 Å². The van der Waals surface area contributed by atoms with Gasteiger partial charge in [-0.25, -0.2) is 4.57 Å². The number of aromatic nitrogens is 1. The molecule has 0 fully saturated rings. The highest BCUT2D eigenvalue weighted by Crippen LogP contribution is 2.25. The fourth-order valence-electron chi connectivity index (χ4n) is 1.73. The van der Waals surface area contributed by atoms with Crippen LogP contribution in [0.1, 0.15) is 19.0 Å². The highest BCUT2D eigenvalue weighted by atomic mass is 14.9. The smallest absolute Gasteiger partial charge is 0.201 e. The minimum absolute atomic E-state index is 1.08. The first-order chi connectivity index (χ1) is 6.29. The van der Waals surface area contributed by atoms with E-state index in [0.717, 1.165) is 6.42 Å². The fraction of sp³-hybridized carbons (Fsp3) is 0.250. The second-order valence-corrected chi connectivity index (χ2v) is 3.44. The van der Waals surface area contributed by atoms with Crippen LogP contribution in [0.15, 0.2) is 42.1 Å². The van der Waals surface area contributed by atoms with Crippen LogP contribution in [0, 0.1) is 0 Å². The summed E-state index contributed by atoms with van der Waals surface area (Å²) in [6, 6.07) is 6.30. The number of hydrogen-bond donors (Lipinski definition) is 0. The summed E-state index contributed by atoms with van der Waals surface area (Å²) in [6.45, 7) is 2.17. The number of pyridine rings is 1. The van der Waals surface area contributed by atoms with Crippen molar-refractivity contribution in [2.45, 2.75) is 13.3 Å². The molecule has 0 bridgehead atoms. The van der Waals surface area contributed by atoms with E-state index >= 15 is 0 Å². The van der Waals surface area contributed by atoms with E-state index in [-0.39, 0.29) is 0 Å². The zero-order valence-electron chi connectivity index (χ0n) is 8.12. The third-order valence-electron chi connectivity index (χ3n) is 2.50. The molecule has 0 spiro atoms. The Bertz CT molecular complexity index is 386. The first kappa shape index (κ1) is 8.24. The van der Waals surface area contributed by atoms with Crippen molar-refractivity contribution in [3.63, 3.8) is 0 Å². The Balaban J connectivity index is 2.47. The monoisotopic (exact) mass is 172 g/mol. The lowest BCUT2D eigenvalue weighted by atomic mass is 10.1. The van der Waals surface area contributed by atoms with Crippen molar-refractivity contribution in [1.29, 1.82) is 0 Å². The first-order valence-electron chi connectivity index (χ1n) is 4.61. The first-order valence-corrected chi connectivity index (χ1v) is 4.61. The van der Waals surface area contributed by atoms with E-state index in [1.165, 1.54) is 16.8 Å². The lowest BCUT2D eigenvalue weighted by Crippen LogP contribution is -2.32. The zero-order chi connectivity index (χ0) is 9.26. The Morgan fingerprint density at radius 2 is 2.08 bits per heavy atom. The molecule has 0 unspecified atom stereocenters. The van der Waals surface area contributed by atoms with E-state index in [0.29, 0.717) is 0 Å². The molecule has 0 aliphatic heterocycles. The molecule has 13 heavy (non-hydrogen) atoms. The molecule has 1 nitrogen and oxygen atoms in total. The molecule has 1 aliphatic rings. The Labute approximate surface area is 79.0 Å². The molecule has 1 heteroatoms.